The van der Waals surface area contributed by atoms with Gasteiger partial charge in [-0.2, -0.15) is 10.1 Å². The van der Waals surface area contributed by atoms with Gasteiger partial charge in [0.1, 0.15) is 5.03 Å². The second kappa shape index (κ2) is 7.28. The van der Waals surface area contributed by atoms with Gasteiger partial charge in [-0.3, -0.25) is 4.98 Å². The standard InChI is InChI=1S/C18H17N7OS/c1-11-10-12(2)25(23-11)15-4-5-16(22-21-15)27-13(3)18-20-17(24-26-18)14-6-8-19-9-7-14/h4-10,13H,1-3H3/t13-/m0/s1. The summed E-state index contributed by atoms with van der Waals surface area (Å²) in [7, 11) is 0. The molecule has 1 atom stereocenters. The molecular formula is C18H17N7OS. The minimum absolute atomic E-state index is 0.0538. The van der Waals surface area contributed by atoms with E-state index in [1.807, 2.05) is 51.1 Å². The molecule has 0 saturated carbocycles. The smallest absolute Gasteiger partial charge is 0.240 e. The molecule has 27 heavy (non-hydrogen) atoms. The Bertz CT molecular complexity index is 1040. The first-order chi connectivity index (χ1) is 13.1. The van der Waals surface area contributed by atoms with Crippen LogP contribution in [0.5, 0.6) is 0 Å². The summed E-state index contributed by atoms with van der Waals surface area (Å²) < 4.78 is 7.18. The number of aromatic nitrogens is 7. The van der Waals surface area contributed by atoms with Gasteiger partial charge in [0.15, 0.2) is 5.82 Å². The lowest BCUT2D eigenvalue weighted by Crippen LogP contribution is -2.03. The molecular weight excluding hydrogens is 362 g/mol. The molecule has 0 aliphatic rings. The maximum Gasteiger partial charge on any atom is 0.240 e. The Morgan fingerprint density at radius 1 is 1.07 bits per heavy atom. The fourth-order valence-corrected chi connectivity index (χ4v) is 3.39. The number of thioether (sulfide) groups is 1. The molecule has 9 heteroatoms. The number of hydrogen-bond acceptors (Lipinski definition) is 8. The predicted molar refractivity (Wildman–Crippen MR) is 100 cm³/mol. The normalized spacial score (nSPS) is 12.3. The van der Waals surface area contributed by atoms with Crippen LogP contribution in [0.15, 0.2) is 52.3 Å². The second-order valence-corrected chi connectivity index (χ2v) is 7.38. The minimum Gasteiger partial charge on any atom is -0.338 e. The summed E-state index contributed by atoms with van der Waals surface area (Å²) in [6.07, 6.45) is 3.40. The molecule has 4 heterocycles. The van der Waals surface area contributed by atoms with Gasteiger partial charge in [0, 0.05) is 23.7 Å². The second-order valence-electron chi connectivity index (χ2n) is 6.02. The van der Waals surface area contributed by atoms with Crippen molar-refractivity contribution in [2.75, 3.05) is 0 Å². The number of pyridine rings is 1. The van der Waals surface area contributed by atoms with Crippen molar-refractivity contribution in [3.05, 3.63) is 60.0 Å². The highest BCUT2D eigenvalue weighted by Gasteiger charge is 2.17. The van der Waals surface area contributed by atoms with Gasteiger partial charge < -0.3 is 4.52 Å². The molecule has 0 saturated heterocycles. The lowest BCUT2D eigenvalue weighted by Gasteiger charge is -2.06. The van der Waals surface area contributed by atoms with Gasteiger partial charge in [-0.1, -0.05) is 16.9 Å². The van der Waals surface area contributed by atoms with Crippen molar-refractivity contribution in [2.24, 2.45) is 0 Å². The van der Waals surface area contributed by atoms with Gasteiger partial charge in [0.2, 0.25) is 11.7 Å². The van der Waals surface area contributed by atoms with Gasteiger partial charge in [-0.15, -0.1) is 10.2 Å². The third-order valence-corrected chi connectivity index (χ3v) is 4.89. The number of rotatable bonds is 5. The first kappa shape index (κ1) is 17.3. The SMILES string of the molecule is Cc1cc(C)n(-c2ccc(S[C@@H](C)c3nc(-c4ccncc4)no3)nn2)n1. The van der Waals surface area contributed by atoms with Crippen molar-refractivity contribution in [3.8, 4) is 17.2 Å². The molecule has 0 radical (unpaired) electrons. The van der Waals surface area contributed by atoms with Crippen LogP contribution in [0, 0.1) is 13.8 Å². The molecule has 0 amide bonds. The van der Waals surface area contributed by atoms with E-state index >= 15 is 0 Å². The monoisotopic (exact) mass is 379 g/mol. The Kier molecular flexibility index (Phi) is 4.68. The zero-order valence-electron chi connectivity index (χ0n) is 15.1. The zero-order valence-corrected chi connectivity index (χ0v) is 15.9. The van der Waals surface area contributed by atoms with Crippen molar-refractivity contribution >= 4 is 11.8 Å². The van der Waals surface area contributed by atoms with Crippen LogP contribution in [0.4, 0.5) is 0 Å². The van der Waals surface area contributed by atoms with E-state index in [0.717, 1.165) is 22.0 Å². The highest BCUT2D eigenvalue weighted by Crippen LogP contribution is 2.33. The molecule has 0 spiro atoms. The van der Waals surface area contributed by atoms with Crippen molar-refractivity contribution in [2.45, 2.75) is 31.0 Å². The van der Waals surface area contributed by atoms with Crippen LogP contribution in [0.1, 0.15) is 29.5 Å². The zero-order chi connectivity index (χ0) is 18.8. The van der Waals surface area contributed by atoms with Gasteiger partial charge in [0.25, 0.3) is 0 Å². The van der Waals surface area contributed by atoms with Crippen LogP contribution in [-0.2, 0) is 0 Å². The van der Waals surface area contributed by atoms with E-state index < -0.39 is 0 Å². The molecule has 136 valence electrons. The molecule has 0 bridgehead atoms. The molecule has 8 nitrogen and oxygen atoms in total. The molecule has 4 aromatic rings. The Labute approximate surface area is 160 Å². The summed E-state index contributed by atoms with van der Waals surface area (Å²) in [5.41, 5.74) is 2.83. The van der Waals surface area contributed by atoms with Crippen LogP contribution in [0.25, 0.3) is 17.2 Å². The summed E-state index contributed by atoms with van der Waals surface area (Å²) in [6, 6.07) is 9.51. The third-order valence-electron chi connectivity index (χ3n) is 3.88. The van der Waals surface area contributed by atoms with E-state index in [9.17, 15) is 0 Å². The van der Waals surface area contributed by atoms with Crippen molar-refractivity contribution in [1.29, 1.82) is 0 Å². The average Bonchev–Trinajstić information content (AvgIpc) is 3.30. The van der Waals surface area contributed by atoms with E-state index in [-0.39, 0.29) is 5.25 Å². The third kappa shape index (κ3) is 3.72. The Morgan fingerprint density at radius 3 is 2.56 bits per heavy atom. The number of aryl methyl sites for hydroxylation is 2. The van der Waals surface area contributed by atoms with Gasteiger partial charge >= 0.3 is 0 Å². The van der Waals surface area contributed by atoms with Gasteiger partial charge in [0.05, 0.1) is 10.9 Å². The predicted octanol–water partition coefficient (Wildman–Crippen LogP) is 3.58. The van der Waals surface area contributed by atoms with E-state index in [2.05, 4.69) is 30.4 Å². The molecule has 4 rings (SSSR count). The van der Waals surface area contributed by atoms with Crippen LogP contribution < -0.4 is 0 Å². The van der Waals surface area contributed by atoms with Crippen molar-refractivity contribution in [3.63, 3.8) is 0 Å². The van der Waals surface area contributed by atoms with Gasteiger partial charge in [-0.05, 0) is 51.1 Å². The summed E-state index contributed by atoms with van der Waals surface area (Å²) in [5, 5.41) is 17.7. The van der Waals surface area contributed by atoms with E-state index in [4.69, 9.17) is 4.52 Å². The Hall–Kier alpha value is -3.07. The largest absolute Gasteiger partial charge is 0.338 e. The topological polar surface area (TPSA) is 95.4 Å². The summed E-state index contributed by atoms with van der Waals surface area (Å²) in [4.78, 5) is 8.46. The van der Waals surface area contributed by atoms with Gasteiger partial charge in [-0.25, -0.2) is 4.68 Å². The molecule has 4 aromatic heterocycles. The summed E-state index contributed by atoms with van der Waals surface area (Å²) >= 11 is 1.51. The Balaban J connectivity index is 1.48. The number of nitrogens with zero attached hydrogens (tertiary/aromatic N) is 7. The molecule has 0 aliphatic heterocycles. The van der Waals surface area contributed by atoms with Crippen LogP contribution in [0.3, 0.4) is 0 Å². The number of hydrogen-bond donors (Lipinski definition) is 0. The molecule has 0 fully saturated rings. The van der Waals surface area contributed by atoms with E-state index in [1.54, 1.807) is 17.1 Å². The molecule has 0 N–H and O–H groups in total. The minimum atomic E-state index is -0.0538. The fraction of sp³-hybridized carbons (Fsp3) is 0.222. The molecule has 0 aromatic carbocycles. The van der Waals surface area contributed by atoms with E-state index in [1.165, 1.54) is 11.8 Å². The molecule has 0 aliphatic carbocycles. The van der Waals surface area contributed by atoms with Crippen LogP contribution >= 0.6 is 11.8 Å². The lowest BCUT2D eigenvalue weighted by molar-refractivity contribution is 0.380. The first-order valence-corrected chi connectivity index (χ1v) is 9.26. The lowest BCUT2D eigenvalue weighted by atomic mass is 10.2. The van der Waals surface area contributed by atoms with Crippen molar-refractivity contribution < 1.29 is 4.52 Å². The fourth-order valence-electron chi connectivity index (χ4n) is 2.60. The Morgan fingerprint density at radius 2 is 1.89 bits per heavy atom. The average molecular weight is 379 g/mol. The summed E-state index contributed by atoms with van der Waals surface area (Å²) in [6.45, 7) is 5.93. The quantitative estimate of drug-likeness (QED) is 0.486. The highest BCUT2D eigenvalue weighted by molar-refractivity contribution is 7.99. The highest BCUT2D eigenvalue weighted by atomic mass is 32.2. The maximum absolute atomic E-state index is 5.40. The molecule has 0 unspecified atom stereocenters. The van der Waals surface area contributed by atoms with Crippen LogP contribution in [-0.4, -0.2) is 35.1 Å². The summed E-state index contributed by atoms with van der Waals surface area (Å²) in [5.74, 6) is 1.78. The van der Waals surface area contributed by atoms with Crippen molar-refractivity contribution in [1.82, 2.24) is 35.1 Å². The van der Waals surface area contributed by atoms with E-state index in [0.29, 0.717) is 17.5 Å². The maximum atomic E-state index is 5.40. The first-order valence-electron chi connectivity index (χ1n) is 8.38. The van der Waals surface area contributed by atoms with Crippen LogP contribution in [0.2, 0.25) is 0 Å².